The first-order chi connectivity index (χ1) is 13.3. The van der Waals surface area contributed by atoms with Crippen molar-refractivity contribution in [2.24, 2.45) is 5.92 Å². The number of amides is 2. The van der Waals surface area contributed by atoms with Crippen LogP contribution in [0.15, 0.2) is 23.4 Å². The van der Waals surface area contributed by atoms with Gasteiger partial charge in [0.25, 0.3) is 5.91 Å². The quantitative estimate of drug-likeness (QED) is 0.334. The lowest BCUT2D eigenvalue weighted by molar-refractivity contribution is -0.151. The van der Waals surface area contributed by atoms with E-state index < -0.39 is 29.3 Å². The Bertz CT molecular complexity index is 805. The molecule has 0 spiro atoms. The summed E-state index contributed by atoms with van der Waals surface area (Å²) < 4.78 is 4.88. The number of carboxylic acid groups (broad SMARTS) is 1. The van der Waals surface area contributed by atoms with Gasteiger partial charge in [-0.15, -0.1) is 11.8 Å². The Hall–Kier alpha value is -2.62. The van der Waals surface area contributed by atoms with E-state index in [0.29, 0.717) is 24.1 Å². The van der Waals surface area contributed by atoms with Gasteiger partial charge in [0.05, 0.1) is 0 Å². The minimum Gasteiger partial charge on any atom is -0.477 e. The van der Waals surface area contributed by atoms with Gasteiger partial charge >= 0.3 is 11.9 Å². The number of allylic oxidation sites excluding steroid dienone is 2. The molecular formula is C18H21N3O6S. The molecule has 9 nitrogen and oxygen atoms in total. The van der Waals surface area contributed by atoms with Gasteiger partial charge in [0.1, 0.15) is 23.7 Å². The van der Waals surface area contributed by atoms with Crippen LogP contribution in [-0.2, 0) is 23.9 Å². The molecule has 0 aromatic carbocycles. The Morgan fingerprint density at radius 1 is 1.39 bits per heavy atom. The van der Waals surface area contributed by atoms with Crippen molar-refractivity contribution in [2.45, 2.75) is 37.6 Å². The van der Waals surface area contributed by atoms with Crippen LogP contribution < -0.4 is 5.32 Å². The first-order valence-corrected chi connectivity index (χ1v) is 9.89. The van der Waals surface area contributed by atoms with Crippen LogP contribution >= 0.6 is 11.8 Å². The van der Waals surface area contributed by atoms with Crippen LogP contribution in [0.2, 0.25) is 0 Å². The first kappa shape index (κ1) is 20.1. The summed E-state index contributed by atoms with van der Waals surface area (Å²) in [5, 5.41) is 19.6. The van der Waals surface area contributed by atoms with Crippen LogP contribution in [0.3, 0.4) is 0 Å². The van der Waals surface area contributed by atoms with E-state index in [1.807, 2.05) is 12.2 Å². The number of carboxylic acids is 1. The van der Waals surface area contributed by atoms with E-state index in [1.165, 1.54) is 18.7 Å². The zero-order chi connectivity index (χ0) is 20.4. The second-order valence-corrected chi connectivity index (χ2v) is 7.94. The summed E-state index contributed by atoms with van der Waals surface area (Å²) in [7, 11) is 0. The van der Waals surface area contributed by atoms with E-state index in [9.17, 15) is 24.3 Å². The van der Waals surface area contributed by atoms with E-state index in [4.69, 9.17) is 10.1 Å². The van der Waals surface area contributed by atoms with Crippen molar-refractivity contribution in [1.29, 1.82) is 5.41 Å². The third-order valence-corrected chi connectivity index (χ3v) is 6.21. The summed E-state index contributed by atoms with van der Waals surface area (Å²) in [6, 6.07) is -0.796. The predicted molar refractivity (Wildman–Crippen MR) is 101 cm³/mol. The second kappa shape index (κ2) is 8.17. The molecule has 28 heavy (non-hydrogen) atoms. The maximum atomic E-state index is 12.5. The Kier molecular flexibility index (Phi) is 5.87. The van der Waals surface area contributed by atoms with Crippen LogP contribution in [0, 0.1) is 11.3 Å². The molecule has 150 valence electrons. The van der Waals surface area contributed by atoms with E-state index in [0.717, 1.165) is 4.90 Å². The molecule has 0 aromatic heterocycles. The molecule has 1 aliphatic carbocycles. The molecule has 1 unspecified atom stereocenters. The molecule has 0 aromatic rings. The van der Waals surface area contributed by atoms with Gasteiger partial charge in [-0.2, -0.15) is 0 Å². The van der Waals surface area contributed by atoms with Crippen LogP contribution in [-0.4, -0.2) is 63.2 Å². The largest absolute Gasteiger partial charge is 0.477 e. The summed E-state index contributed by atoms with van der Waals surface area (Å²) >= 11 is 1.32. The molecule has 1 saturated heterocycles. The lowest BCUT2D eigenvalue weighted by atomic mass is 9.89. The maximum Gasteiger partial charge on any atom is 0.352 e. The monoisotopic (exact) mass is 407 g/mol. The number of thioether (sulfide) groups is 1. The third-order valence-electron chi connectivity index (χ3n) is 4.87. The fraction of sp³-hybridized carbons (Fsp3) is 0.500. The number of rotatable bonds is 6. The minimum absolute atomic E-state index is 0.129. The van der Waals surface area contributed by atoms with Gasteiger partial charge in [0.2, 0.25) is 5.91 Å². The van der Waals surface area contributed by atoms with Crippen molar-refractivity contribution >= 4 is 41.2 Å². The van der Waals surface area contributed by atoms with Gasteiger partial charge in [-0.3, -0.25) is 19.3 Å². The number of β-lactam (4-membered cyclic amide) rings is 1. The van der Waals surface area contributed by atoms with Crippen LogP contribution in [0.4, 0.5) is 0 Å². The highest BCUT2D eigenvalue weighted by molar-refractivity contribution is 8.00. The van der Waals surface area contributed by atoms with Crippen molar-refractivity contribution in [1.82, 2.24) is 10.2 Å². The number of hydrogen-bond donors (Lipinski definition) is 3. The van der Waals surface area contributed by atoms with Crippen LogP contribution in [0.25, 0.3) is 0 Å². The highest BCUT2D eigenvalue weighted by Gasteiger charge is 2.54. The topological polar surface area (TPSA) is 137 Å². The lowest BCUT2D eigenvalue weighted by Crippen LogP contribution is -2.70. The molecule has 3 N–H and O–H groups in total. The average molecular weight is 407 g/mol. The molecule has 0 saturated carbocycles. The Balaban J connectivity index is 1.65. The van der Waals surface area contributed by atoms with Gasteiger partial charge in [0, 0.05) is 42.7 Å². The van der Waals surface area contributed by atoms with Crippen molar-refractivity contribution in [3.8, 4) is 0 Å². The Morgan fingerprint density at radius 2 is 2.14 bits per heavy atom. The van der Waals surface area contributed by atoms with Gasteiger partial charge in [-0.25, -0.2) is 4.79 Å². The van der Waals surface area contributed by atoms with Gasteiger partial charge in [0.15, 0.2) is 0 Å². The maximum absolute atomic E-state index is 12.5. The van der Waals surface area contributed by atoms with E-state index in [2.05, 4.69) is 5.32 Å². The first-order valence-electron chi connectivity index (χ1n) is 8.84. The fourth-order valence-corrected chi connectivity index (χ4v) is 4.75. The number of aliphatic carboxylic acids is 1. The summed E-state index contributed by atoms with van der Waals surface area (Å²) in [6.07, 6.45) is 5.13. The van der Waals surface area contributed by atoms with Gasteiger partial charge in [-0.1, -0.05) is 12.2 Å². The molecule has 2 heterocycles. The van der Waals surface area contributed by atoms with Crippen molar-refractivity contribution in [3.63, 3.8) is 0 Å². The van der Waals surface area contributed by atoms with Crippen molar-refractivity contribution in [3.05, 3.63) is 23.4 Å². The molecule has 1 fully saturated rings. The summed E-state index contributed by atoms with van der Waals surface area (Å²) in [5.41, 5.74) is 0.668. The zero-order valence-corrected chi connectivity index (χ0v) is 16.1. The molecule has 10 heteroatoms. The predicted octanol–water partition coefficient (Wildman–Crippen LogP) is 0.664. The number of nitrogens with one attached hydrogen (secondary N) is 2. The van der Waals surface area contributed by atoms with Gasteiger partial charge < -0.3 is 20.6 Å². The van der Waals surface area contributed by atoms with Crippen molar-refractivity contribution in [2.75, 3.05) is 12.4 Å². The van der Waals surface area contributed by atoms with E-state index >= 15 is 0 Å². The van der Waals surface area contributed by atoms with E-state index in [-0.39, 0.29) is 36.3 Å². The second-order valence-electron chi connectivity index (χ2n) is 6.83. The molecular weight excluding hydrogens is 386 g/mol. The normalized spacial score (nSPS) is 26.5. The molecule has 3 aliphatic rings. The summed E-state index contributed by atoms with van der Waals surface area (Å²) in [4.78, 5) is 48.7. The Morgan fingerprint density at radius 3 is 2.79 bits per heavy atom. The highest BCUT2D eigenvalue weighted by Crippen LogP contribution is 2.40. The molecule has 3 rings (SSSR count). The zero-order valence-electron chi connectivity index (χ0n) is 15.3. The summed E-state index contributed by atoms with van der Waals surface area (Å²) in [6.45, 7) is 1.04. The number of carbonyl (C=O) groups excluding carboxylic acids is 3. The smallest absolute Gasteiger partial charge is 0.352 e. The minimum atomic E-state index is -1.27. The highest BCUT2D eigenvalue weighted by atomic mass is 32.2. The van der Waals surface area contributed by atoms with Crippen LogP contribution in [0.5, 0.6) is 0 Å². The van der Waals surface area contributed by atoms with E-state index in [1.54, 1.807) is 0 Å². The standard InChI is InChI=1S/C18H21N3O6S/c1-9(22)27-7-11-8-28-17-14(16(24)21(17)15(11)18(25)26)20-13(23)6-10-4-2-3-5-12(10)19/h2-3,10,14,17,19H,4-8H2,1H3,(H,20,23)(H,25,26)/t10?,14-,17-/m1/s1. The third kappa shape index (κ3) is 3.96. The van der Waals surface area contributed by atoms with Crippen molar-refractivity contribution < 1.29 is 29.0 Å². The number of ether oxygens (including phenoxy) is 1. The summed E-state index contributed by atoms with van der Waals surface area (Å²) in [5.74, 6) is -2.51. The molecule has 2 amide bonds. The Labute approximate surface area is 165 Å². The lowest BCUT2D eigenvalue weighted by Gasteiger charge is -2.49. The number of carbonyl (C=O) groups is 4. The molecule has 0 radical (unpaired) electrons. The van der Waals surface area contributed by atoms with Gasteiger partial charge in [-0.05, 0) is 6.42 Å². The molecule has 0 bridgehead atoms. The van der Waals surface area contributed by atoms with Crippen LogP contribution in [0.1, 0.15) is 26.2 Å². The number of esters is 1. The number of nitrogens with zero attached hydrogens (tertiary/aromatic N) is 1. The number of fused-ring (bicyclic) bond motifs is 1. The molecule has 2 aliphatic heterocycles. The SMILES string of the molecule is CC(=O)OCC1=C(C(=O)O)N2C(=O)[C@@H](NC(=O)CC3CC=CCC3=N)[C@H]2SC1. The fourth-order valence-electron chi connectivity index (χ4n) is 3.43. The number of hydrogen-bond acceptors (Lipinski definition) is 7. The molecule has 3 atom stereocenters. The average Bonchev–Trinajstić information content (AvgIpc) is 2.65.